The lowest BCUT2D eigenvalue weighted by atomic mass is 9.45. The van der Waals surface area contributed by atoms with Gasteiger partial charge in [-0.3, -0.25) is 4.79 Å². The van der Waals surface area contributed by atoms with Crippen molar-refractivity contribution in [2.75, 3.05) is 6.61 Å². The molecular weight excluding hydrogens is 472 g/mol. The fourth-order valence-corrected chi connectivity index (χ4v) is 11.1. The molecule has 4 bridgehead atoms. The fraction of sp³-hybridized carbons (Fsp3) is 0.441. The minimum atomic E-state index is -0.117. The summed E-state index contributed by atoms with van der Waals surface area (Å²) in [6.45, 7) is 6.88. The molecule has 0 spiro atoms. The highest BCUT2D eigenvalue weighted by Crippen LogP contribution is 2.63. The van der Waals surface area contributed by atoms with Gasteiger partial charge >= 0.3 is 0 Å². The van der Waals surface area contributed by atoms with Crippen LogP contribution < -0.4 is 4.74 Å². The molecule has 0 amide bonds. The van der Waals surface area contributed by atoms with Gasteiger partial charge in [0, 0.05) is 39.8 Å². The number of hydrogen-bond acceptors (Lipinski definition) is 2. The number of Topliss-reactive ketones (excluding diaryl/α,β-unsaturated/α-hetero) is 1. The van der Waals surface area contributed by atoms with E-state index in [4.69, 9.17) is 4.74 Å². The van der Waals surface area contributed by atoms with Crippen molar-refractivity contribution in [2.45, 2.75) is 59.3 Å². The second-order valence-corrected chi connectivity index (χ2v) is 14.5. The molecule has 0 N–H and O–H groups in total. The maximum atomic E-state index is 13.3. The van der Waals surface area contributed by atoms with E-state index in [1.807, 2.05) is 0 Å². The van der Waals surface area contributed by atoms with Crippen LogP contribution in [0, 0.1) is 42.9 Å². The van der Waals surface area contributed by atoms with Crippen molar-refractivity contribution in [2.24, 2.45) is 29.1 Å². The van der Waals surface area contributed by atoms with Crippen molar-refractivity contribution in [3.05, 3.63) is 71.8 Å². The van der Waals surface area contributed by atoms with Crippen LogP contribution in [-0.4, -0.2) is 12.4 Å². The molecule has 0 saturated heterocycles. The molecule has 0 atom stereocenters. The molecule has 4 fully saturated rings. The molecule has 0 aliphatic heterocycles. The summed E-state index contributed by atoms with van der Waals surface area (Å²) in [6.07, 6.45) is 7.55. The number of thiophene rings is 1. The van der Waals surface area contributed by atoms with Crippen molar-refractivity contribution < 1.29 is 9.53 Å². The number of ketones is 1. The monoisotopic (exact) mass is 509 g/mol. The Morgan fingerprint density at radius 1 is 0.838 bits per heavy atom. The lowest BCUT2D eigenvalue weighted by molar-refractivity contribution is -0.137. The molecule has 8 rings (SSSR count). The summed E-state index contributed by atoms with van der Waals surface area (Å²) in [6, 6.07) is 22.2. The largest absolute Gasteiger partial charge is 0.485 e. The zero-order valence-electron chi connectivity index (χ0n) is 22.3. The van der Waals surface area contributed by atoms with Gasteiger partial charge in [0.05, 0.1) is 0 Å². The zero-order chi connectivity index (χ0) is 25.3. The number of hydrogen-bond donors (Lipinski definition) is 0. The van der Waals surface area contributed by atoms with Crippen molar-refractivity contribution in [3.63, 3.8) is 0 Å². The van der Waals surface area contributed by atoms with Gasteiger partial charge in [-0.15, -0.1) is 0 Å². The smallest absolute Gasteiger partial charge is 0.187 e. The zero-order valence-corrected chi connectivity index (χ0v) is 23.1. The number of benzene rings is 3. The molecule has 2 nitrogen and oxygen atoms in total. The number of rotatable bonds is 6. The van der Waals surface area contributed by atoms with Crippen molar-refractivity contribution in [1.82, 2.24) is 0 Å². The Morgan fingerprint density at radius 3 is 1.89 bits per heavy atom. The summed E-state index contributed by atoms with van der Waals surface area (Å²) in [7, 11) is -0.117. The van der Waals surface area contributed by atoms with Gasteiger partial charge in [0.2, 0.25) is 0 Å². The van der Waals surface area contributed by atoms with Crippen LogP contribution in [0.1, 0.15) is 56.6 Å². The molecule has 4 saturated carbocycles. The molecular formula is C34H37O2S+. The number of carbonyl (C=O) groups is 1. The Bertz CT molecular complexity index is 1420. The van der Waals surface area contributed by atoms with Gasteiger partial charge in [-0.05, 0) is 110 Å². The summed E-state index contributed by atoms with van der Waals surface area (Å²) >= 11 is 0. The van der Waals surface area contributed by atoms with Crippen LogP contribution in [-0.2, 0) is 4.79 Å². The van der Waals surface area contributed by atoms with Gasteiger partial charge < -0.3 is 4.74 Å². The fourth-order valence-electron chi connectivity index (χ4n) is 8.54. The quantitative estimate of drug-likeness (QED) is 0.242. The number of carbonyl (C=O) groups excluding carboxylic acids is 1. The van der Waals surface area contributed by atoms with Gasteiger partial charge in [-0.2, -0.15) is 0 Å². The van der Waals surface area contributed by atoms with Gasteiger partial charge in [-0.25, -0.2) is 0 Å². The lowest BCUT2D eigenvalue weighted by Crippen LogP contribution is -2.52. The second kappa shape index (κ2) is 8.70. The van der Waals surface area contributed by atoms with Gasteiger partial charge in [0.15, 0.2) is 20.1 Å². The van der Waals surface area contributed by atoms with Crippen LogP contribution in [0.3, 0.4) is 0 Å². The molecule has 0 radical (unpaired) electrons. The van der Waals surface area contributed by atoms with E-state index in [9.17, 15) is 4.79 Å². The average molecular weight is 510 g/mol. The normalized spacial score (nSPS) is 28.3. The van der Waals surface area contributed by atoms with E-state index in [2.05, 4.69) is 81.4 Å². The first-order valence-corrected chi connectivity index (χ1v) is 15.3. The molecule has 190 valence electrons. The SMILES string of the molecule is Cc1cc(-[s+]2c3ccccc3c3ccccc32)cc(C)c1OCC(=O)CC1(C)C2CC3CC(C2)CC1C3. The van der Waals surface area contributed by atoms with Crippen LogP contribution in [0.2, 0.25) is 0 Å². The molecule has 1 aromatic heterocycles. The number of ether oxygens (including phenoxy) is 1. The van der Waals surface area contributed by atoms with E-state index in [1.54, 1.807) is 0 Å². The molecule has 4 aliphatic rings. The lowest BCUT2D eigenvalue weighted by Gasteiger charge is -2.60. The molecule has 3 aromatic carbocycles. The molecule has 4 aromatic rings. The van der Waals surface area contributed by atoms with Crippen LogP contribution in [0.5, 0.6) is 5.75 Å². The number of aryl methyl sites for hydroxylation is 2. The Balaban J connectivity index is 1.13. The highest BCUT2D eigenvalue weighted by Gasteiger charge is 2.55. The Labute approximate surface area is 223 Å². The molecule has 3 heteroatoms. The van der Waals surface area contributed by atoms with E-state index in [0.717, 1.165) is 40.5 Å². The first-order chi connectivity index (χ1) is 17.9. The van der Waals surface area contributed by atoms with Crippen LogP contribution in [0.25, 0.3) is 25.1 Å². The number of fused-ring (bicyclic) bond motifs is 3. The Morgan fingerprint density at radius 2 is 1.35 bits per heavy atom. The maximum Gasteiger partial charge on any atom is 0.187 e. The van der Waals surface area contributed by atoms with Gasteiger partial charge in [0.1, 0.15) is 12.4 Å². The third-order valence-corrected chi connectivity index (χ3v) is 12.4. The first kappa shape index (κ1) is 23.5. The maximum absolute atomic E-state index is 13.3. The van der Waals surface area contributed by atoms with E-state index >= 15 is 0 Å². The highest BCUT2D eigenvalue weighted by molar-refractivity contribution is 7.50. The third kappa shape index (κ3) is 3.76. The molecule has 37 heavy (non-hydrogen) atoms. The Kier molecular flexibility index (Phi) is 5.52. The van der Waals surface area contributed by atoms with E-state index in [0.29, 0.717) is 6.42 Å². The first-order valence-electron chi connectivity index (χ1n) is 14.1. The highest BCUT2D eigenvalue weighted by atomic mass is 32.2. The minimum Gasteiger partial charge on any atom is -0.485 e. The minimum absolute atomic E-state index is 0.117. The van der Waals surface area contributed by atoms with E-state index < -0.39 is 0 Å². The summed E-state index contributed by atoms with van der Waals surface area (Å²) in [5.74, 6) is 4.52. The summed E-state index contributed by atoms with van der Waals surface area (Å²) in [4.78, 5) is 14.6. The van der Waals surface area contributed by atoms with Crippen molar-refractivity contribution in [1.29, 1.82) is 0 Å². The topological polar surface area (TPSA) is 26.3 Å². The molecule has 0 unspecified atom stereocenters. The van der Waals surface area contributed by atoms with Crippen LogP contribution in [0.4, 0.5) is 0 Å². The van der Waals surface area contributed by atoms with Crippen molar-refractivity contribution in [3.8, 4) is 10.6 Å². The predicted molar refractivity (Wildman–Crippen MR) is 155 cm³/mol. The molecule has 4 aliphatic carbocycles. The van der Waals surface area contributed by atoms with Crippen LogP contribution in [0.15, 0.2) is 60.7 Å². The predicted octanol–water partition coefficient (Wildman–Crippen LogP) is 9.15. The van der Waals surface area contributed by atoms with Crippen LogP contribution >= 0.6 is 10.5 Å². The van der Waals surface area contributed by atoms with E-state index in [1.165, 1.54) is 57.2 Å². The van der Waals surface area contributed by atoms with E-state index in [-0.39, 0.29) is 28.3 Å². The average Bonchev–Trinajstić information content (AvgIpc) is 3.21. The van der Waals surface area contributed by atoms with Gasteiger partial charge in [-0.1, -0.05) is 31.2 Å². The summed E-state index contributed by atoms with van der Waals surface area (Å²) in [5.41, 5.74) is 2.43. The van der Waals surface area contributed by atoms with Crippen molar-refractivity contribution >= 4 is 36.4 Å². The Hall–Kier alpha value is -2.65. The third-order valence-electron chi connectivity index (χ3n) is 10.1. The second-order valence-electron chi connectivity index (χ2n) is 12.5. The summed E-state index contributed by atoms with van der Waals surface area (Å²) in [5, 5.41) is 2.70. The van der Waals surface area contributed by atoms with Gasteiger partial charge in [0.25, 0.3) is 0 Å². The molecule has 1 heterocycles. The summed E-state index contributed by atoms with van der Waals surface area (Å²) < 4.78 is 9.07. The standard InChI is InChI=1S/C34H37O2S/c1-21-12-28(37-31-10-6-4-8-29(31)30-9-5-7-11-32(30)37)13-22(2)33(21)36-20-27(35)19-34(3)25-15-23-14-24(17-25)18-26(34)16-23/h4-13,23-26H,14-20H2,1-3H3/q+1.